The highest BCUT2D eigenvalue weighted by Crippen LogP contribution is 2.11. The Labute approximate surface area is 118 Å². The van der Waals surface area contributed by atoms with E-state index in [0.29, 0.717) is 6.04 Å². The largest absolute Gasteiger partial charge is 0.314 e. The van der Waals surface area contributed by atoms with E-state index in [-0.39, 0.29) is 0 Å². The summed E-state index contributed by atoms with van der Waals surface area (Å²) in [5, 5.41) is 11.0. The predicted molar refractivity (Wildman–Crippen MR) is 77.3 cm³/mol. The van der Waals surface area contributed by atoms with Crippen LogP contribution in [-0.4, -0.2) is 27.8 Å². The summed E-state index contributed by atoms with van der Waals surface area (Å²) in [4.78, 5) is 4.10. The van der Waals surface area contributed by atoms with Crippen LogP contribution < -0.4 is 5.32 Å². The van der Waals surface area contributed by atoms with Crippen LogP contribution in [0.2, 0.25) is 5.02 Å². The Morgan fingerprint density at radius 2 is 2.11 bits per heavy atom. The molecule has 0 fully saturated rings. The Morgan fingerprint density at radius 1 is 1.32 bits per heavy atom. The first-order valence-electron chi connectivity index (χ1n) is 6.56. The first-order chi connectivity index (χ1) is 9.24. The predicted octanol–water partition coefficient (Wildman–Crippen LogP) is 2.61. The van der Waals surface area contributed by atoms with Crippen LogP contribution in [0, 0.1) is 0 Å². The molecule has 0 saturated heterocycles. The van der Waals surface area contributed by atoms with Crippen LogP contribution in [0.3, 0.4) is 0 Å². The molecule has 0 bridgehead atoms. The Hall–Kier alpha value is -1.39. The van der Waals surface area contributed by atoms with Crippen LogP contribution in [0.15, 0.2) is 30.6 Å². The van der Waals surface area contributed by atoms with Crippen LogP contribution in [0.5, 0.6) is 0 Å². The molecule has 0 saturated carbocycles. The van der Waals surface area contributed by atoms with Gasteiger partial charge in [-0.25, -0.2) is 4.98 Å². The molecule has 0 radical (unpaired) electrons. The van der Waals surface area contributed by atoms with Gasteiger partial charge in [0.05, 0.1) is 0 Å². The number of halogens is 1. The molecule has 2 rings (SSSR count). The summed E-state index contributed by atoms with van der Waals surface area (Å²) in [6.45, 7) is 3.18. The summed E-state index contributed by atoms with van der Waals surface area (Å²) in [5.74, 6) is 0.951. The van der Waals surface area contributed by atoms with E-state index in [1.807, 2.05) is 12.1 Å². The molecule has 0 aliphatic heterocycles. The monoisotopic (exact) mass is 278 g/mol. The van der Waals surface area contributed by atoms with Crippen LogP contribution in [-0.2, 0) is 12.8 Å². The lowest BCUT2D eigenvalue weighted by molar-refractivity contribution is 0.531. The van der Waals surface area contributed by atoms with Gasteiger partial charge in [0.25, 0.3) is 0 Å². The Bertz CT molecular complexity index is 467. The van der Waals surface area contributed by atoms with Crippen molar-refractivity contribution in [3.05, 3.63) is 47.0 Å². The third-order valence-electron chi connectivity index (χ3n) is 3.00. The van der Waals surface area contributed by atoms with E-state index in [2.05, 4.69) is 39.6 Å². The third-order valence-corrected chi connectivity index (χ3v) is 3.26. The minimum absolute atomic E-state index is 0.455. The van der Waals surface area contributed by atoms with Crippen molar-refractivity contribution in [2.24, 2.45) is 0 Å². The number of aryl methyl sites for hydroxylation is 1. The van der Waals surface area contributed by atoms with E-state index >= 15 is 0 Å². The molecule has 102 valence electrons. The third kappa shape index (κ3) is 5.01. The van der Waals surface area contributed by atoms with Crippen molar-refractivity contribution >= 4 is 11.6 Å². The topological polar surface area (TPSA) is 53.6 Å². The van der Waals surface area contributed by atoms with Crippen molar-refractivity contribution in [1.29, 1.82) is 0 Å². The van der Waals surface area contributed by atoms with Crippen molar-refractivity contribution < 1.29 is 0 Å². The molecule has 0 amide bonds. The zero-order valence-corrected chi connectivity index (χ0v) is 11.8. The maximum absolute atomic E-state index is 5.87. The van der Waals surface area contributed by atoms with Gasteiger partial charge in [-0.2, -0.15) is 5.10 Å². The molecule has 1 heterocycles. The lowest BCUT2D eigenvalue weighted by atomic mass is 10.1. The molecule has 0 spiro atoms. The number of aromatic nitrogens is 3. The normalized spacial score (nSPS) is 12.5. The van der Waals surface area contributed by atoms with E-state index in [9.17, 15) is 0 Å². The van der Waals surface area contributed by atoms with Gasteiger partial charge in [-0.3, -0.25) is 5.10 Å². The number of aromatic amines is 1. The summed E-state index contributed by atoms with van der Waals surface area (Å²) in [6, 6.07) is 8.49. The maximum atomic E-state index is 5.87. The fraction of sp³-hybridized carbons (Fsp3) is 0.429. The SMILES string of the molecule is CC(Cc1ccc(Cl)cc1)NCCCc1ncn[nH]1. The van der Waals surface area contributed by atoms with E-state index in [1.54, 1.807) is 6.33 Å². The second-order valence-corrected chi connectivity index (χ2v) is 5.16. The zero-order valence-electron chi connectivity index (χ0n) is 11.1. The molecule has 1 atom stereocenters. The van der Waals surface area contributed by atoms with Crippen molar-refractivity contribution in [1.82, 2.24) is 20.5 Å². The first-order valence-corrected chi connectivity index (χ1v) is 6.94. The van der Waals surface area contributed by atoms with Crippen molar-refractivity contribution in [2.45, 2.75) is 32.2 Å². The van der Waals surface area contributed by atoms with Gasteiger partial charge in [0, 0.05) is 17.5 Å². The smallest absolute Gasteiger partial charge is 0.137 e. The number of hydrogen-bond acceptors (Lipinski definition) is 3. The average molecular weight is 279 g/mol. The van der Waals surface area contributed by atoms with E-state index in [1.165, 1.54) is 5.56 Å². The number of nitrogens with one attached hydrogen (secondary N) is 2. The van der Waals surface area contributed by atoms with Crippen LogP contribution in [0.25, 0.3) is 0 Å². The number of nitrogens with zero attached hydrogens (tertiary/aromatic N) is 2. The van der Waals surface area contributed by atoms with Crippen LogP contribution in [0.1, 0.15) is 24.7 Å². The highest BCUT2D eigenvalue weighted by atomic mass is 35.5. The van der Waals surface area contributed by atoms with Gasteiger partial charge in [-0.1, -0.05) is 23.7 Å². The second kappa shape index (κ2) is 7.26. The molecule has 0 aliphatic rings. The lowest BCUT2D eigenvalue weighted by Crippen LogP contribution is -2.29. The Morgan fingerprint density at radius 3 is 2.79 bits per heavy atom. The van der Waals surface area contributed by atoms with Crippen molar-refractivity contribution in [3.63, 3.8) is 0 Å². The molecule has 1 aromatic carbocycles. The standard InChI is InChI=1S/C14H19ClN4/c1-11(9-12-4-6-13(15)7-5-12)16-8-2-3-14-17-10-18-19-14/h4-7,10-11,16H,2-3,8-9H2,1H3,(H,17,18,19). The van der Waals surface area contributed by atoms with Crippen molar-refractivity contribution in [3.8, 4) is 0 Å². The van der Waals surface area contributed by atoms with Gasteiger partial charge in [0.2, 0.25) is 0 Å². The lowest BCUT2D eigenvalue weighted by Gasteiger charge is -2.13. The minimum Gasteiger partial charge on any atom is -0.314 e. The van der Waals surface area contributed by atoms with Gasteiger partial charge in [0.1, 0.15) is 12.2 Å². The number of H-pyrrole nitrogens is 1. The average Bonchev–Trinajstić information content (AvgIpc) is 2.91. The summed E-state index contributed by atoms with van der Waals surface area (Å²) in [5.41, 5.74) is 1.31. The van der Waals surface area contributed by atoms with Gasteiger partial charge < -0.3 is 5.32 Å². The molecule has 0 aliphatic carbocycles. The van der Waals surface area contributed by atoms with E-state index in [0.717, 1.165) is 36.7 Å². The highest BCUT2D eigenvalue weighted by molar-refractivity contribution is 6.30. The minimum atomic E-state index is 0.455. The van der Waals surface area contributed by atoms with Gasteiger partial charge in [0.15, 0.2) is 0 Å². The van der Waals surface area contributed by atoms with Crippen LogP contribution in [0.4, 0.5) is 0 Å². The van der Waals surface area contributed by atoms with Gasteiger partial charge in [-0.15, -0.1) is 0 Å². The fourth-order valence-electron chi connectivity index (χ4n) is 2.00. The van der Waals surface area contributed by atoms with Gasteiger partial charge in [-0.05, 0) is 44.0 Å². The maximum Gasteiger partial charge on any atom is 0.137 e. The van der Waals surface area contributed by atoms with E-state index in [4.69, 9.17) is 11.6 Å². The molecule has 2 aromatic rings. The molecule has 4 nitrogen and oxygen atoms in total. The zero-order chi connectivity index (χ0) is 13.5. The molecule has 5 heteroatoms. The molecule has 1 aromatic heterocycles. The summed E-state index contributed by atoms with van der Waals surface area (Å²) >= 11 is 5.87. The van der Waals surface area contributed by atoms with Gasteiger partial charge >= 0.3 is 0 Å². The summed E-state index contributed by atoms with van der Waals surface area (Å²) in [7, 11) is 0. The Balaban J connectivity index is 1.64. The quantitative estimate of drug-likeness (QED) is 0.766. The molecular formula is C14H19ClN4. The van der Waals surface area contributed by atoms with E-state index < -0.39 is 0 Å². The molecule has 2 N–H and O–H groups in total. The molecule has 1 unspecified atom stereocenters. The fourth-order valence-corrected chi connectivity index (χ4v) is 2.13. The summed E-state index contributed by atoms with van der Waals surface area (Å²) in [6.07, 6.45) is 4.55. The highest BCUT2D eigenvalue weighted by Gasteiger charge is 2.03. The number of rotatable bonds is 7. The number of hydrogen-bond donors (Lipinski definition) is 2. The molecular weight excluding hydrogens is 260 g/mol. The van der Waals surface area contributed by atoms with Crippen molar-refractivity contribution in [2.75, 3.05) is 6.54 Å². The first kappa shape index (κ1) is 14.0. The second-order valence-electron chi connectivity index (χ2n) is 4.72. The van der Waals surface area contributed by atoms with Crippen LogP contribution >= 0.6 is 11.6 Å². The molecule has 19 heavy (non-hydrogen) atoms. The Kier molecular flexibility index (Phi) is 5.36. The number of benzene rings is 1. The summed E-state index contributed by atoms with van der Waals surface area (Å²) < 4.78 is 0.